The molecule has 0 unspecified atom stereocenters. The molecule has 6 nitrogen and oxygen atoms in total. The molecular weight excluding hydrogens is 399 g/mol. The summed E-state index contributed by atoms with van der Waals surface area (Å²) in [4.78, 5) is 7.15. The summed E-state index contributed by atoms with van der Waals surface area (Å²) in [5, 5.41) is 10.6. The maximum Gasteiger partial charge on any atom is 0.437 e. The van der Waals surface area contributed by atoms with Crippen LogP contribution in [0, 0.1) is 0 Å². The normalized spacial score (nSPS) is 11.3. The Bertz CT molecular complexity index is 1010. The number of methoxy groups -OCH3 is 1. The standard InChI is InChI=1S/C18H13ClF3N3O3/c1-27-11-6-7-12(13(26)8-11)14-15(28-10-4-2-9(19)3-5-10)16(18(20,21)22)25-17(23)24-14/h2-8,26H,1H3,(H2,23,24,25). The number of alkyl halides is 3. The quantitative estimate of drug-likeness (QED) is 0.634. The summed E-state index contributed by atoms with van der Waals surface area (Å²) in [5.74, 6) is -1.32. The van der Waals surface area contributed by atoms with E-state index >= 15 is 0 Å². The summed E-state index contributed by atoms with van der Waals surface area (Å²) in [6, 6.07) is 9.69. The smallest absolute Gasteiger partial charge is 0.437 e. The van der Waals surface area contributed by atoms with E-state index in [9.17, 15) is 18.3 Å². The lowest BCUT2D eigenvalue weighted by atomic mass is 10.1. The van der Waals surface area contributed by atoms with E-state index in [4.69, 9.17) is 26.8 Å². The van der Waals surface area contributed by atoms with Crippen molar-refractivity contribution in [3.05, 3.63) is 53.2 Å². The van der Waals surface area contributed by atoms with Crippen LogP contribution < -0.4 is 15.2 Å². The maximum atomic E-state index is 13.6. The van der Waals surface area contributed by atoms with E-state index in [0.717, 1.165) is 0 Å². The molecule has 3 N–H and O–H groups in total. The summed E-state index contributed by atoms with van der Waals surface area (Å²) in [7, 11) is 1.38. The van der Waals surface area contributed by atoms with E-state index in [0.29, 0.717) is 10.8 Å². The zero-order valence-corrected chi connectivity index (χ0v) is 15.0. The number of anilines is 1. The molecule has 2 aromatic carbocycles. The first-order valence-corrected chi connectivity index (χ1v) is 8.12. The summed E-state index contributed by atoms with van der Waals surface area (Å²) in [6.45, 7) is 0. The van der Waals surface area contributed by atoms with Crippen molar-refractivity contribution in [1.29, 1.82) is 0 Å². The summed E-state index contributed by atoms with van der Waals surface area (Å²) < 4.78 is 51.2. The van der Waals surface area contributed by atoms with Gasteiger partial charge in [0.05, 0.1) is 7.11 Å². The SMILES string of the molecule is COc1ccc(-c2nc(N)nc(C(F)(F)F)c2Oc2ccc(Cl)cc2)c(O)c1. The molecule has 0 amide bonds. The van der Waals surface area contributed by atoms with Gasteiger partial charge in [0, 0.05) is 16.7 Å². The average Bonchev–Trinajstić information content (AvgIpc) is 2.63. The maximum absolute atomic E-state index is 13.6. The van der Waals surface area contributed by atoms with Crippen molar-refractivity contribution < 1.29 is 27.8 Å². The number of aromatic hydroxyl groups is 1. The Labute approximate surface area is 162 Å². The average molecular weight is 412 g/mol. The van der Waals surface area contributed by atoms with Crippen molar-refractivity contribution >= 4 is 17.5 Å². The molecule has 3 rings (SSSR count). The topological polar surface area (TPSA) is 90.5 Å². The number of phenols is 1. The Morgan fingerprint density at radius 3 is 2.25 bits per heavy atom. The Morgan fingerprint density at radius 2 is 1.68 bits per heavy atom. The number of hydrogen-bond donors (Lipinski definition) is 2. The minimum Gasteiger partial charge on any atom is -0.507 e. The van der Waals surface area contributed by atoms with E-state index in [1.165, 1.54) is 49.6 Å². The van der Waals surface area contributed by atoms with Crippen LogP contribution in [0.15, 0.2) is 42.5 Å². The second kappa shape index (κ2) is 7.43. The van der Waals surface area contributed by atoms with Crippen LogP contribution in [0.4, 0.5) is 19.1 Å². The first kappa shape index (κ1) is 19.6. The lowest BCUT2D eigenvalue weighted by molar-refractivity contribution is -0.142. The van der Waals surface area contributed by atoms with Crippen LogP contribution in [0.25, 0.3) is 11.3 Å². The van der Waals surface area contributed by atoms with Gasteiger partial charge in [-0.25, -0.2) is 9.97 Å². The number of aromatic nitrogens is 2. The van der Waals surface area contributed by atoms with Crippen molar-refractivity contribution in [2.75, 3.05) is 12.8 Å². The molecule has 0 aliphatic rings. The third-order valence-corrected chi connectivity index (χ3v) is 3.90. The van der Waals surface area contributed by atoms with Gasteiger partial charge < -0.3 is 20.3 Å². The van der Waals surface area contributed by atoms with Gasteiger partial charge in [0.25, 0.3) is 0 Å². The highest BCUT2D eigenvalue weighted by molar-refractivity contribution is 6.30. The molecule has 0 fully saturated rings. The molecule has 0 bridgehead atoms. The highest BCUT2D eigenvalue weighted by Crippen LogP contribution is 2.45. The fourth-order valence-electron chi connectivity index (χ4n) is 2.40. The van der Waals surface area contributed by atoms with Crippen molar-refractivity contribution in [1.82, 2.24) is 9.97 Å². The minimum absolute atomic E-state index is 0.0376. The number of ether oxygens (including phenoxy) is 2. The zero-order valence-electron chi connectivity index (χ0n) is 14.3. The Hall–Kier alpha value is -3.20. The number of nitrogens with zero attached hydrogens (tertiary/aromatic N) is 2. The van der Waals surface area contributed by atoms with Crippen LogP contribution >= 0.6 is 11.6 Å². The molecule has 1 heterocycles. The number of rotatable bonds is 4. The fourth-order valence-corrected chi connectivity index (χ4v) is 2.52. The van der Waals surface area contributed by atoms with Gasteiger partial charge in [-0.2, -0.15) is 13.2 Å². The molecule has 0 aliphatic carbocycles. The molecule has 0 radical (unpaired) electrons. The first-order valence-electron chi connectivity index (χ1n) is 7.74. The van der Waals surface area contributed by atoms with Gasteiger partial charge in [-0.05, 0) is 36.4 Å². The van der Waals surface area contributed by atoms with E-state index in [2.05, 4.69) is 9.97 Å². The number of phenolic OH excluding ortho intramolecular Hbond substituents is 1. The monoisotopic (exact) mass is 411 g/mol. The van der Waals surface area contributed by atoms with Gasteiger partial charge >= 0.3 is 6.18 Å². The highest BCUT2D eigenvalue weighted by Gasteiger charge is 2.39. The molecule has 0 atom stereocenters. The third-order valence-electron chi connectivity index (χ3n) is 3.64. The molecule has 146 valence electrons. The lowest BCUT2D eigenvalue weighted by Crippen LogP contribution is -2.14. The summed E-state index contributed by atoms with van der Waals surface area (Å²) >= 11 is 5.79. The summed E-state index contributed by atoms with van der Waals surface area (Å²) in [6.07, 6.45) is -4.88. The largest absolute Gasteiger partial charge is 0.507 e. The molecule has 10 heteroatoms. The van der Waals surface area contributed by atoms with Crippen LogP contribution in [0.5, 0.6) is 23.0 Å². The molecular formula is C18H13ClF3N3O3. The molecule has 0 saturated heterocycles. The molecule has 0 aliphatic heterocycles. The lowest BCUT2D eigenvalue weighted by Gasteiger charge is -2.17. The van der Waals surface area contributed by atoms with Gasteiger partial charge in [-0.1, -0.05) is 11.6 Å². The number of nitrogens with two attached hydrogens (primary N) is 1. The number of hydrogen-bond acceptors (Lipinski definition) is 6. The Balaban J connectivity index is 2.23. The second-order valence-electron chi connectivity index (χ2n) is 5.54. The predicted octanol–water partition coefficient (Wildman–Crippen LogP) is 4.90. The van der Waals surface area contributed by atoms with Crippen molar-refractivity contribution in [3.63, 3.8) is 0 Å². The van der Waals surface area contributed by atoms with Crippen molar-refractivity contribution in [3.8, 4) is 34.3 Å². The van der Waals surface area contributed by atoms with Crippen LogP contribution in [0.3, 0.4) is 0 Å². The van der Waals surface area contributed by atoms with E-state index < -0.39 is 23.6 Å². The first-order chi connectivity index (χ1) is 13.2. The van der Waals surface area contributed by atoms with Gasteiger partial charge in [0.1, 0.15) is 22.9 Å². The number of benzene rings is 2. The van der Waals surface area contributed by atoms with Gasteiger partial charge in [-0.15, -0.1) is 0 Å². The summed E-state index contributed by atoms with van der Waals surface area (Å²) in [5.41, 5.74) is 3.74. The van der Waals surface area contributed by atoms with Crippen LogP contribution in [-0.2, 0) is 6.18 Å². The molecule has 0 saturated carbocycles. The Morgan fingerprint density at radius 1 is 1.04 bits per heavy atom. The van der Waals surface area contributed by atoms with Gasteiger partial charge in [0.2, 0.25) is 5.95 Å². The molecule has 3 aromatic rings. The zero-order chi connectivity index (χ0) is 20.5. The van der Waals surface area contributed by atoms with Crippen LogP contribution in [-0.4, -0.2) is 22.2 Å². The number of halogens is 4. The molecule has 28 heavy (non-hydrogen) atoms. The Kier molecular flexibility index (Phi) is 5.19. The molecule has 0 spiro atoms. The van der Waals surface area contributed by atoms with Gasteiger partial charge in [0.15, 0.2) is 11.4 Å². The van der Waals surface area contributed by atoms with Crippen LogP contribution in [0.1, 0.15) is 5.69 Å². The molecule has 1 aromatic heterocycles. The predicted molar refractivity (Wildman–Crippen MR) is 96.6 cm³/mol. The fraction of sp³-hybridized carbons (Fsp3) is 0.111. The van der Waals surface area contributed by atoms with E-state index in [1.54, 1.807) is 0 Å². The van der Waals surface area contributed by atoms with Crippen molar-refractivity contribution in [2.24, 2.45) is 0 Å². The van der Waals surface area contributed by atoms with E-state index in [-0.39, 0.29) is 22.8 Å². The second-order valence-corrected chi connectivity index (χ2v) is 5.98. The highest BCUT2D eigenvalue weighted by atomic mass is 35.5. The van der Waals surface area contributed by atoms with Crippen LogP contribution in [0.2, 0.25) is 5.02 Å². The number of nitrogen functional groups attached to an aromatic ring is 1. The van der Waals surface area contributed by atoms with Crippen molar-refractivity contribution in [2.45, 2.75) is 6.18 Å². The van der Waals surface area contributed by atoms with Gasteiger partial charge in [-0.3, -0.25) is 0 Å². The minimum atomic E-state index is -4.88. The third kappa shape index (κ3) is 4.04. The van der Waals surface area contributed by atoms with E-state index in [1.807, 2.05) is 0 Å².